The summed E-state index contributed by atoms with van der Waals surface area (Å²) in [4.78, 5) is 0. The molecule has 1 nitrogen and oxygen atoms in total. The third-order valence-corrected chi connectivity index (χ3v) is 6.25. The van der Waals surface area contributed by atoms with Crippen molar-refractivity contribution in [1.82, 2.24) is 0 Å². The van der Waals surface area contributed by atoms with Crippen LogP contribution in [0.3, 0.4) is 0 Å². The van der Waals surface area contributed by atoms with Gasteiger partial charge in [-0.25, -0.2) is 13.2 Å². The molecule has 146 valence electrons. The highest BCUT2D eigenvalue weighted by molar-refractivity contribution is 5.34. The monoisotopic (exact) mass is 372 g/mol. The van der Waals surface area contributed by atoms with Gasteiger partial charge in [0.2, 0.25) is 5.82 Å². The molecule has 0 amide bonds. The van der Waals surface area contributed by atoms with Crippen LogP contribution in [-0.2, 0) is 0 Å². The third-order valence-electron chi connectivity index (χ3n) is 6.25. The molecule has 1 aromatic rings. The highest BCUT2D eigenvalue weighted by Gasteiger charge is 2.51. The molecule has 2 aliphatic carbocycles. The van der Waals surface area contributed by atoms with Crippen molar-refractivity contribution in [2.24, 2.45) is 11.8 Å². The van der Waals surface area contributed by atoms with Gasteiger partial charge < -0.3 is 4.74 Å². The molecule has 0 N–H and O–H groups in total. The van der Waals surface area contributed by atoms with Gasteiger partial charge in [-0.2, -0.15) is 4.39 Å². The molecule has 2 aliphatic rings. The Bertz CT molecular complexity index is 635. The summed E-state index contributed by atoms with van der Waals surface area (Å²) in [7, 11) is 0. The number of ether oxygens (including phenoxy) is 1. The summed E-state index contributed by atoms with van der Waals surface area (Å²) >= 11 is 0. The summed E-state index contributed by atoms with van der Waals surface area (Å²) < 4.78 is 64.2. The standard InChI is InChI=1S/C21H28F4O/c1-3-5-13-10-14-6-7-15(17(22)12-21(14,25)11-13)16-8-9-18(26-4-2)20(24)19(16)23/h8-9,13-15,17H,3-7,10-12H2,1-2H3. The van der Waals surface area contributed by atoms with Crippen molar-refractivity contribution in [3.63, 3.8) is 0 Å². The van der Waals surface area contributed by atoms with E-state index in [9.17, 15) is 13.2 Å². The van der Waals surface area contributed by atoms with E-state index in [4.69, 9.17) is 4.74 Å². The molecule has 2 fully saturated rings. The minimum atomic E-state index is -1.51. The zero-order valence-corrected chi connectivity index (χ0v) is 15.5. The molecule has 0 aromatic heterocycles. The zero-order chi connectivity index (χ0) is 18.9. The van der Waals surface area contributed by atoms with Crippen molar-refractivity contribution < 1.29 is 22.3 Å². The Labute approximate surface area is 153 Å². The summed E-state index contributed by atoms with van der Waals surface area (Å²) in [5.41, 5.74) is -1.50. The Morgan fingerprint density at radius 2 is 1.88 bits per heavy atom. The molecule has 0 spiro atoms. The first-order valence-electron chi connectivity index (χ1n) is 9.83. The van der Waals surface area contributed by atoms with Gasteiger partial charge >= 0.3 is 0 Å². The van der Waals surface area contributed by atoms with Crippen LogP contribution in [0.2, 0.25) is 0 Å². The molecule has 3 rings (SSSR count). The van der Waals surface area contributed by atoms with Crippen molar-refractivity contribution in [3.8, 4) is 5.75 Å². The Hall–Kier alpha value is -1.26. The summed E-state index contributed by atoms with van der Waals surface area (Å²) in [6, 6.07) is 2.74. The minimum Gasteiger partial charge on any atom is -0.491 e. The number of fused-ring (bicyclic) bond motifs is 1. The molecule has 26 heavy (non-hydrogen) atoms. The fourth-order valence-electron chi connectivity index (χ4n) is 5.08. The molecule has 0 heterocycles. The number of hydrogen-bond donors (Lipinski definition) is 0. The Balaban J connectivity index is 1.81. The fourth-order valence-corrected chi connectivity index (χ4v) is 5.08. The highest BCUT2D eigenvalue weighted by Crippen LogP contribution is 2.54. The molecular weight excluding hydrogens is 344 g/mol. The zero-order valence-electron chi connectivity index (χ0n) is 15.5. The van der Waals surface area contributed by atoms with Gasteiger partial charge in [0.05, 0.1) is 6.61 Å². The second-order valence-corrected chi connectivity index (χ2v) is 7.94. The van der Waals surface area contributed by atoms with Crippen LogP contribution < -0.4 is 4.74 Å². The predicted molar refractivity (Wildman–Crippen MR) is 94.0 cm³/mol. The maximum atomic E-state index is 15.4. The van der Waals surface area contributed by atoms with Crippen molar-refractivity contribution in [2.45, 2.75) is 76.6 Å². The highest BCUT2D eigenvalue weighted by atomic mass is 19.2. The van der Waals surface area contributed by atoms with Gasteiger partial charge in [-0.1, -0.05) is 25.8 Å². The third kappa shape index (κ3) is 3.59. The van der Waals surface area contributed by atoms with Gasteiger partial charge in [-0.3, -0.25) is 0 Å². The smallest absolute Gasteiger partial charge is 0.200 e. The van der Waals surface area contributed by atoms with Crippen molar-refractivity contribution >= 4 is 0 Å². The molecule has 0 bridgehead atoms. The van der Waals surface area contributed by atoms with Crippen LogP contribution in [0.1, 0.15) is 70.3 Å². The van der Waals surface area contributed by atoms with Crippen LogP contribution in [0.4, 0.5) is 17.6 Å². The average Bonchev–Trinajstić information content (AvgIpc) is 2.83. The molecular formula is C21H28F4O. The van der Waals surface area contributed by atoms with Crippen molar-refractivity contribution in [3.05, 3.63) is 29.3 Å². The first-order chi connectivity index (χ1) is 12.4. The molecule has 5 unspecified atom stereocenters. The molecule has 0 saturated heterocycles. The lowest BCUT2D eigenvalue weighted by molar-refractivity contribution is 0.0711. The average molecular weight is 372 g/mol. The Kier molecular flexibility index (Phi) is 5.83. The summed E-state index contributed by atoms with van der Waals surface area (Å²) in [5.74, 6) is -2.97. The normalized spacial score (nSPS) is 34.4. The van der Waals surface area contributed by atoms with E-state index in [1.54, 1.807) is 6.92 Å². The predicted octanol–water partition coefficient (Wildman–Crippen LogP) is 6.50. The molecule has 0 aliphatic heterocycles. The van der Waals surface area contributed by atoms with Gasteiger partial charge in [0.15, 0.2) is 11.6 Å². The fraction of sp³-hybridized carbons (Fsp3) is 0.714. The van der Waals surface area contributed by atoms with E-state index < -0.39 is 29.4 Å². The molecule has 5 atom stereocenters. The van der Waals surface area contributed by atoms with E-state index in [0.29, 0.717) is 25.2 Å². The Morgan fingerprint density at radius 1 is 1.12 bits per heavy atom. The molecule has 0 radical (unpaired) electrons. The summed E-state index contributed by atoms with van der Waals surface area (Å²) in [6.07, 6.45) is 2.32. The number of halogens is 4. The lowest BCUT2D eigenvalue weighted by Gasteiger charge is -2.26. The minimum absolute atomic E-state index is 0.00661. The van der Waals surface area contributed by atoms with E-state index in [1.165, 1.54) is 12.1 Å². The second-order valence-electron chi connectivity index (χ2n) is 7.94. The Morgan fingerprint density at radius 3 is 2.58 bits per heavy atom. The van der Waals surface area contributed by atoms with E-state index in [-0.39, 0.29) is 30.3 Å². The van der Waals surface area contributed by atoms with Gasteiger partial charge in [0.25, 0.3) is 0 Å². The van der Waals surface area contributed by atoms with Crippen LogP contribution in [0.15, 0.2) is 12.1 Å². The van der Waals surface area contributed by atoms with Gasteiger partial charge in [-0.15, -0.1) is 0 Å². The second kappa shape index (κ2) is 7.77. The number of rotatable bonds is 5. The first kappa shape index (κ1) is 19.5. The molecule has 5 heteroatoms. The van der Waals surface area contributed by atoms with Crippen LogP contribution >= 0.6 is 0 Å². The van der Waals surface area contributed by atoms with Crippen LogP contribution in [0, 0.1) is 23.5 Å². The first-order valence-corrected chi connectivity index (χ1v) is 9.83. The van der Waals surface area contributed by atoms with Crippen LogP contribution in [0.25, 0.3) is 0 Å². The topological polar surface area (TPSA) is 9.23 Å². The number of benzene rings is 1. The maximum absolute atomic E-state index is 15.4. The van der Waals surface area contributed by atoms with Crippen molar-refractivity contribution in [1.29, 1.82) is 0 Å². The van der Waals surface area contributed by atoms with E-state index >= 15 is 4.39 Å². The lowest BCUT2D eigenvalue weighted by Crippen LogP contribution is -2.30. The van der Waals surface area contributed by atoms with Gasteiger partial charge in [0, 0.05) is 12.3 Å². The quantitative estimate of drug-likeness (QED) is 0.536. The lowest BCUT2D eigenvalue weighted by atomic mass is 9.86. The maximum Gasteiger partial charge on any atom is 0.200 e. The molecule has 1 aromatic carbocycles. The number of hydrogen-bond acceptors (Lipinski definition) is 1. The van der Waals surface area contributed by atoms with E-state index in [1.807, 2.05) is 0 Å². The summed E-state index contributed by atoms with van der Waals surface area (Å²) in [6.45, 7) is 3.98. The van der Waals surface area contributed by atoms with E-state index in [2.05, 4.69) is 6.92 Å². The van der Waals surface area contributed by atoms with Crippen LogP contribution in [0.5, 0.6) is 5.75 Å². The van der Waals surface area contributed by atoms with Crippen LogP contribution in [-0.4, -0.2) is 18.4 Å². The SMILES string of the molecule is CCCC1CC2CCC(c3ccc(OCC)c(F)c3F)C(F)CC2(F)C1. The van der Waals surface area contributed by atoms with Crippen molar-refractivity contribution in [2.75, 3.05) is 6.61 Å². The summed E-state index contributed by atoms with van der Waals surface area (Å²) in [5, 5.41) is 0. The largest absolute Gasteiger partial charge is 0.491 e. The molecule has 2 saturated carbocycles. The van der Waals surface area contributed by atoms with Gasteiger partial charge in [0.1, 0.15) is 11.8 Å². The van der Waals surface area contributed by atoms with Gasteiger partial charge in [-0.05, 0) is 56.1 Å². The number of alkyl halides is 2. The van der Waals surface area contributed by atoms with E-state index in [0.717, 1.165) is 19.3 Å².